The van der Waals surface area contributed by atoms with Gasteiger partial charge in [0.05, 0.1) is 0 Å². The van der Waals surface area contributed by atoms with E-state index in [1.165, 1.54) is 36.9 Å². The summed E-state index contributed by atoms with van der Waals surface area (Å²) in [5, 5.41) is 0. The summed E-state index contributed by atoms with van der Waals surface area (Å²) in [5.74, 6) is 0.960. The second kappa shape index (κ2) is 4.74. The van der Waals surface area contributed by atoms with E-state index in [1.807, 2.05) is 0 Å². The zero-order valence-electron chi connectivity index (χ0n) is 10.9. The van der Waals surface area contributed by atoms with Gasteiger partial charge in [-0.3, -0.25) is 0 Å². The Kier molecular flexibility index (Phi) is 3.24. The molecule has 18 heavy (non-hydrogen) atoms. The minimum atomic E-state index is -0.186. The highest BCUT2D eigenvalue weighted by atomic mass is 32.1. The summed E-state index contributed by atoms with van der Waals surface area (Å²) in [6.45, 7) is 0. The number of methoxy groups -OCH3 is 1. The van der Waals surface area contributed by atoms with Crippen LogP contribution in [0.2, 0.25) is 0 Å². The second-order valence-electron chi connectivity index (χ2n) is 5.46. The van der Waals surface area contributed by atoms with Crippen molar-refractivity contribution in [3.05, 3.63) is 21.7 Å². The lowest BCUT2D eigenvalue weighted by molar-refractivity contribution is -0.0848. The van der Waals surface area contributed by atoms with Gasteiger partial charge in [-0.05, 0) is 44.9 Å². The molecule has 0 unspecified atom stereocenters. The summed E-state index contributed by atoms with van der Waals surface area (Å²) < 4.78 is 6.49. The van der Waals surface area contributed by atoms with E-state index >= 15 is 0 Å². The van der Waals surface area contributed by atoms with Crippen molar-refractivity contribution in [1.29, 1.82) is 0 Å². The van der Waals surface area contributed by atoms with Gasteiger partial charge in [0.2, 0.25) is 0 Å². The fourth-order valence-corrected chi connectivity index (χ4v) is 3.36. The van der Waals surface area contributed by atoms with E-state index in [0.717, 1.165) is 36.1 Å². The molecule has 2 aliphatic carbocycles. The van der Waals surface area contributed by atoms with Gasteiger partial charge in [0.1, 0.15) is 16.1 Å². The summed E-state index contributed by atoms with van der Waals surface area (Å²) in [4.78, 5) is 8.16. The minimum Gasteiger partial charge on any atom is -0.370 e. The number of H-pyrrole nitrogens is 1. The lowest BCUT2D eigenvalue weighted by Gasteiger charge is -2.39. The molecule has 98 valence electrons. The number of nitrogens with zero attached hydrogens (tertiary/aromatic N) is 1. The fourth-order valence-electron chi connectivity index (χ4n) is 3.05. The lowest BCUT2D eigenvalue weighted by Crippen LogP contribution is -2.38. The quantitative estimate of drug-likeness (QED) is 0.657. The van der Waals surface area contributed by atoms with Crippen molar-refractivity contribution >= 4 is 12.2 Å². The lowest BCUT2D eigenvalue weighted by atomic mass is 9.79. The van der Waals surface area contributed by atoms with Crippen molar-refractivity contribution in [1.82, 2.24) is 9.97 Å². The normalized spacial score (nSPS) is 21.8. The Hall–Kier alpha value is -0.740. The average Bonchev–Trinajstić information content (AvgIpc) is 2.54. The van der Waals surface area contributed by atoms with Gasteiger partial charge in [-0.15, -0.1) is 0 Å². The van der Waals surface area contributed by atoms with Crippen LogP contribution in [0.4, 0.5) is 0 Å². The molecular formula is C14H20N2OS. The summed E-state index contributed by atoms with van der Waals surface area (Å²) >= 11 is 5.49. The average molecular weight is 264 g/mol. The standard InChI is InChI=1S/C14H20N2OS/c1-17-14(8-5-9-14)13-15-11-7-4-2-3-6-10(11)12(18)16-13/h2-9H2,1H3,(H,15,16,18). The highest BCUT2D eigenvalue weighted by Gasteiger charge is 2.41. The van der Waals surface area contributed by atoms with E-state index in [1.54, 1.807) is 7.11 Å². The number of nitrogens with one attached hydrogen (secondary N) is 1. The van der Waals surface area contributed by atoms with E-state index < -0.39 is 0 Å². The summed E-state index contributed by atoms with van der Waals surface area (Å²) in [7, 11) is 1.78. The first-order valence-corrected chi connectivity index (χ1v) is 7.34. The van der Waals surface area contributed by atoms with Crippen LogP contribution < -0.4 is 0 Å². The number of aromatic nitrogens is 2. The van der Waals surface area contributed by atoms with Gasteiger partial charge in [0.15, 0.2) is 0 Å². The smallest absolute Gasteiger partial charge is 0.140 e. The predicted molar refractivity (Wildman–Crippen MR) is 73.2 cm³/mol. The Morgan fingerprint density at radius 3 is 2.61 bits per heavy atom. The van der Waals surface area contributed by atoms with E-state index in [2.05, 4.69) is 9.97 Å². The number of hydrogen-bond donors (Lipinski definition) is 1. The van der Waals surface area contributed by atoms with Gasteiger partial charge in [-0.25, -0.2) is 4.98 Å². The molecule has 0 spiro atoms. The summed E-state index contributed by atoms with van der Waals surface area (Å²) in [6, 6.07) is 0. The summed E-state index contributed by atoms with van der Waals surface area (Å²) in [5.41, 5.74) is 2.40. The molecule has 1 fully saturated rings. The van der Waals surface area contributed by atoms with Crippen LogP contribution in [0.3, 0.4) is 0 Å². The molecule has 0 bridgehead atoms. The third-order valence-corrected chi connectivity index (χ3v) is 4.78. The number of aryl methyl sites for hydroxylation is 1. The second-order valence-corrected chi connectivity index (χ2v) is 5.85. The van der Waals surface area contributed by atoms with Gasteiger partial charge in [-0.2, -0.15) is 0 Å². The van der Waals surface area contributed by atoms with E-state index in [9.17, 15) is 0 Å². The van der Waals surface area contributed by atoms with Crippen LogP contribution in [-0.2, 0) is 23.2 Å². The number of ether oxygens (including phenoxy) is 1. The van der Waals surface area contributed by atoms with E-state index in [-0.39, 0.29) is 5.60 Å². The highest BCUT2D eigenvalue weighted by Crippen LogP contribution is 2.42. The number of fused-ring (bicyclic) bond motifs is 1. The molecule has 1 aromatic rings. The molecule has 4 heteroatoms. The number of hydrogen-bond acceptors (Lipinski definition) is 3. The first-order chi connectivity index (χ1) is 8.75. The molecule has 3 rings (SSSR count). The first-order valence-electron chi connectivity index (χ1n) is 6.93. The Balaban J connectivity index is 2.05. The largest absolute Gasteiger partial charge is 0.370 e. The molecule has 0 atom stereocenters. The number of aromatic amines is 1. The predicted octanol–water partition coefficient (Wildman–Crippen LogP) is 3.43. The van der Waals surface area contributed by atoms with Crippen LogP contribution in [0.25, 0.3) is 0 Å². The summed E-state index contributed by atoms with van der Waals surface area (Å²) in [6.07, 6.45) is 9.30. The van der Waals surface area contributed by atoms with Crippen molar-refractivity contribution < 1.29 is 4.74 Å². The SMILES string of the molecule is COC1(c2nc(=S)c3c([nH]2)CCCCC3)CCC1. The van der Waals surface area contributed by atoms with Gasteiger partial charge < -0.3 is 9.72 Å². The molecular weight excluding hydrogens is 244 g/mol. The molecule has 2 aliphatic rings. The zero-order chi connectivity index (χ0) is 12.6. The molecule has 0 radical (unpaired) electrons. The Morgan fingerprint density at radius 2 is 1.94 bits per heavy atom. The van der Waals surface area contributed by atoms with E-state index in [0.29, 0.717) is 0 Å². The third kappa shape index (κ3) is 1.91. The molecule has 0 amide bonds. The van der Waals surface area contributed by atoms with Crippen LogP contribution in [0.1, 0.15) is 55.6 Å². The zero-order valence-corrected chi connectivity index (χ0v) is 11.7. The Bertz CT molecular complexity index is 499. The molecule has 1 N–H and O–H groups in total. The molecule has 1 heterocycles. The van der Waals surface area contributed by atoms with Gasteiger partial charge in [0, 0.05) is 18.4 Å². The van der Waals surface area contributed by atoms with Gasteiger partial charge in [0.25, 0.3) is 0 Å². The third-order valence-electron chi connectivity index (χ3n) is 4.44. The maximum Gasteiger partial charge on any atom is 0.140 e. The van der Waals surface area contributed by atoms with Crippen molar-refractivity contribution in [2.45, 2.75) is 57.0 Å². The van der Waals surface area contributed by atoms with Crippen LogP contribution in [0, 0.1) is 4.64 Å². The van der Waals surface area contributed by atoms with Gasteiger partial charge in [-0.1, -0.05) is 18.6 Å². The van der Waals surface area contributed by atoms with Crippen molar-refractivity contribution in [3.8, 4) is 0 Å². The van der Waals surface area contributed by atoms with Crippen molar-refractivity contribution in [2.75, 3.05) is 7.11 Å². The van der Waals surface area contributed by atoms with Crippen LogP contribution in [-0.4, -0.2) is 17.1 Å². The maximum absolute atomic E-state index is 5.70. The Labute approximate surface area is 113 Å². The maximum atomic E-state index is 5.70. The molecule has 0 saturated heterocycles. The molecule has 0 aromatic carbocycles. The molecule has 1 aromatic heterocycles. The van der Waals surface area contributed by atoms with Crippen molar-refractivity contribution in [2.24, 2.45) is 0 Å². The molecule has 1 saturated carbocycles. The van der Waals surface area contributed by atoms with Gasteiger partial charge >= 0.3 is 0 Å². The minimum absolute atomic E-state index is 0.186. The monoisotopic (exact) mass is 264 g/mol. The van der Waals surface area contributed by atoms with Crippen molar-refractivity contribution in [3.63, 3.8) is 0 Å². The van der Waals surface area contributed by atoms with Crippen LogP contribution >= 0.6 is 12.2 Å². The van der Waals surface area contributed by atoms with Crippen LogP contribution in [0.5, 0.6) is 0 Å². The topological polar surface area (TPSA) is 37.9 Å². The number of rotatable bonds is 2. The molecule has 0 aliphatic heterocycles. The fraction of sp³-hybridized carbons (Fsp3) is 0.714. The highest BCUT2D eigenvalue weighted by molar-refractivity contribution is 7.71. The van der Waals surface area contributed by atoms with Crippen LogP contribution in [0.15, 0.2) is 0 Å². The molecule has 3 nitrogen and oxygen atoms in total. The first kappa shape index (κ1) is 12.3. The van der Waals surface area contributed by atoms with E-state index in [4.69, 9.17) is 17.0 Å². The Morgan fingerprint density at radius 1 is 1.17 bits per heavy atom.